The van der Waals surface area contributed by atoms with Crippen molar-refractivity contribution >= 4 is 17.4 Å². The third-order valence-corrected chi connectivity index (χ3v) is 5.58. The zero-order valence-electron chi connectivity index (χ0n) is 17.7. The smallest absolute Gasteiger partial charge is 0.307 e. The number of nitrogens with zero attached hydrogens (tertiary/aromatic N) is 1. The molecule has 1 amide bonds. The largest absolute Gasteiger partial charge is 0.431 e. The van der Waals surface area contributed by atoms with Crippen molar-refractivity contribution in [1.29, 1.82) is 0 Å². The van der Waals surface area contributed by atoms with Gasteiger partial charge >= 0.3 is 5.97 Å². The molecule has 2 atom stereocenters. The van der Waals surface area contributed by atoms with Crippen LogP contribution in [0.3, 0.4) is 0 Å². The minimum Gasteiger partial charge on any atom is -0.431 e. The van der Waals surface area contributed by atoms with Crippen LogP contribution < -0.4 is 0 Å². The molecule has 4 heteroatoms. The normalized spacial score (nSPS) is 18.6. The predicted molar refractivity (Wildman–Crippen MR) is 121 cm³/mol. The van der Waals surface area contributed by atoms with Gasteiger partial charge in [-0.2, -0.15) is 0 Å². The fourth-order valence-electron chi connectivity index (χ4n) is 4.38. The van der Waals surface area contributed by atoms with E-state index in [4.69, 9.17) is 4.74 Å². The molecule has 1 aliphatic heterocycles. The van der Waals surface area contributed by atoms with Crippen molar-refractivity contribution < 1.29 is 14.3 Å². The first kappa shape index (κ1) is 20.6. The molecule has 0 saturated heterocycles. The van der Waals surface area contributed by atoms with E-state index < -0.39 is 0 Å². The van der Waals surface area contributed by atoms with Gasteiger partial charge in [-0.15, -0.1) is 0 Å². The van der Waals surface area contributed by atoms with E-state index >= 15 is 0 Å². The zero-order valence-corrected chi connectivity index (χ0v) is 17.7. The summed E-state index contributed by atoms with van der Waals surface area (Å²) >= 11 is 0. The molecule has 31 heavy (non-hydrogen) atoms. The lowest BCUT2D eigenvalue weighted by Crippen LogP contribution is -2.41. The van der Waals surface area contributed by atoms with Gasteiger partial charge in [0.2, 0.25) is 5.91 Å². The second-order valence-electron chi connectivity index (χ2n) is 7.67. The number of rotatable bonds is 4. The van der Waals surface area contributed by atoms with Crippen LogP contribution in [0.2, 0.25) is 0 Å². The van der Waals surface area contributed by atoms with Crippen LogP contribution in [0.25, 0.3) is 5.57 Å². The van der Waals surface area contributed by atoms with Gasteiger partial charge in [0.25, 0.3) is 0 Å². The maximum absolute atomic E-state index is 13.1. The quantitative estimate of drug-likeness (QED) is 0.518. The van der Waals surface area contributed by atoms with Crippen molar-refractivity contribution in [2.24, 2.45) is 0 Å². The van der Waals surface area contributed by atoms with Gasteiger partial charge in [-0.05, 0) is 16.7 Å². The van der Waals surface area contributed by atoms with Crippen LogP contribution in [0.15, 0.2) is 96.8 Å². The monoisotopic (exact) mass is 411 g/mol. The standard InChI is InChI=1S/C27H25NO3/c1-19(29)28-24(21-12-6-3-7-13-21)18-25(31-20(2)30)26(22-14-8-4-9-15-22)27(28)23-16-10-5-11-17-23/h3-17,24,27H,18H2,1-2H3/t24-,27-/m0/s1. The first-order valence-corrected chi connectivity index (χ1v) is 10.4. The number of carbonyl (C=O) groups excluding carboxylic acids is 2. The Morgan fingerprint density at radius 1 is 0.774 bits per heavy atom. The predicted octanol–water partition coefficient (Wildman–Crippen LogP) is 5.70. The lowest BCUT2D eigenvalue weighted by Gasteiger charge is -2.44. The minimum absolute atomic E-state index is 0.0296. The van der Waals surface area contributed by atoms with Crippen molar-refractivity contribution in [1.82, 2.24) is 4.90 Å². The lowest BCUT2D eigenvalue weighted by atomic mass is 9.82. The van der Waals surface area contributed by atoms with Crippen LogP contribution in [0, 0.1) is 0 Å². The van der Waals surface area contributed by atoms with Crippen LogP contribution in [-0.4, -0.2) is 16.8 Å². The van der Waals surface area contributed by atoms with Crippen LogP contribution in [0.1, 0.15) is 49.0 Å². The van der Waals surface area contributed by atoms with Gasteiger partial charge in [-0.3, -0.25) is 9.59 Å². The van der Waals surface area contributed by atoms with Gasteiger partial charge in [0.1, 0.15) is 5.76 Å². The van der Waals surface area contributed by atoms with E-state index in [1.165, 1.54) is 6.92 Å². The first-order valence-electron chi connectivity index (χ1n) is 10.4. The molecule has 0 fully saturated rings. The molecule has 0 spiro atoms. The molecule has 1 aliphatic rings. The summed E-state index contributed by atoms with van der Waals surface area (Å²) in [6.07, 6.45) is 0.427. The topological polar surface area (TPSA) is 46.6 Å². The van der Waals surface area contributed by atoms with E-state index in [1.54, 1.807) is 6.92 Å². The highest BCUT2D eigenvalue weighted by atomic mass is 16.5. The number of hydrogen-bond acceptors (Lipinski definition) is 3. The van der Waals surface area contributed by atoms with E-state index in [-0.39, 0.29) is 24.0 Å². The Balaban J connectivity index is 1.99. The fourth-order valence-corrected chi connectivity index (χ4v) is 4.38. The SMILES string of the molecule is CC(=O)OC1=C(c2ccccc2)[C@H](c2ccccc2)N(C(C)=O)[C@H](c2ccccc2)C1. The van der Waals surface area contributed by atoms with Gasteiger partial charge < -0.3 is 9.64 Å². The Bertz CT molecular complexity index is 1090. The third-order valence-electron chi connectivity index (χ3n) is 5.58. The molecular formula is C27H25NO3. The highest BCUT2D eigenvalue weighted by Gasteiger charge is 2.41. The summed E-state index contributed by atoms with van der Waals surface area (Å²) in [4.78, 5) is 27.0. The summed E-state index contributed by atoms with van der Waals surface area (Å²) in [6, 6.07) is 29.1. The summed E-state index contributed by atoms with van der Waals surface area (Å²) in [6.45, 7) is 3.02. The molecule has 0 bridgehead atoms. The summed E-state index contributed by atoms with van der Waals surface area (Å²) in [5.74, 6) is 0.218. The number of amides is 1. The molecule has 0 aromatic heterocycles. The molecule has 0 saturated carbocycles. The minimum atomic E-state index is -0.380. The van der Waals surface area contributed by atoms with Gasteiger partial charge in [0.05, 0.1) is 12.1 Å². The van der Waals surface area contributed by atoms with E-state index in [0.717, 1.165) is 22.3 Å². The van der Waals surface area contributed by atoms with Gasteiger partial charge in [0.15, 0.2) is 0 Å². The molecular weight excluding hydrogens is 386 g/mol. The molecule has 1 heterocycles. The van der Waals surface area contributed by atoms with Gasteiger partial charge in [0, 0.05) is 25.8 Å². The maximum atomic E-state index is 13.1. The lowest BCUT2D eigenvalue weighted by molar-refractivity contribution is -0.138. The molecule has 156 valence electrons. The Morgan fingerprint density at radius 3 is 1.81 bits per heavy atom. The second-order valence-corrected chi connectivity index (χ2v) is 7.67. The number of carbonyl (C=O) groups is 2. The fraction of sp³-hybridized carbons (Fsp3) is 0.185. The van der Waals surface area contributed by atoms with Crippen molar-refractivity contribution in [3.05, 3.63) is 113 Å². The van der Waals surface area contributed by atoms with Gasteiger partial charge in [-0.1, -0.05) is 91.0 Å². The summed E-state index contributed by atoms with van der Waals surface area (Å²) in [5.41, 5.74) is 3.77. The van der Waals surface area contributed by atoms with E-state index in [2.05, 4.69) is 0 Å². The van der Waals surface area contributed by atoms with E-state index in [0.29, 0.717) is 12.2 Å². The highest BCUT2D eigenvalue weighted by molar-refractivity contribution is 5.83. The van der Waals surface area contributed by atoms with Gasteiger partial charge in [-0.25, -0.2) is 0 Å². The second kappa shape index (κ2) is 9.00. The number of hydrogen-bond donors (Lipinski definition) is 0. The van der Waals surface area contributed by atoms with Crippen molar-refractivity contribution in [3.63, 3.8) is 0 Å². The first-order chi connectivity index (χ1) is 15.1. The molecule has 4 rings (SSSR count). The number of ether oxygens (including phenoxy) is 1. The highest BCUT2D eigenvalue weighted by Crippen LogP contribution is 2.49. The van der Waals surface area contributed by atoms with Crippen molar-refractivity contribution in [3.8, 4) is 0 Å². The molecule has 0 unspecified atom stereocenters. The van der Waals surface area contributed by atoms with E-state index in [1.807, 2.05) is 95.9 Å². The van der Waals surface area contributed by atoms with Crippen LogP contribution in [0.5, 0.6) is 0 Å². The molecule has 3 aromatic rings. The third kappa shape index (κ3) is 4.29. The maximum Gasteiger partial charge on any atom is 0.307 e. The van der Waals surface area contributed by atoms with Crippen molar-refractivity contribution in [2.75, 3.05) is 0 Å². The summed E-state index contributed by atoms with van der Waals surface area (Å²) < 4.78 is 5.79. The van der Waals surface area contributed by atoms with Crippen molar-refractivity contribution in [2.45, 2.75) is 32.4 Å². The summed E-state index contributed by atoms with van der Waals surface area (Å²) in [7, 11) is 0. The number of benzene rings is 3. The molecule has 4 nitrogen and oxygen atoms in total. The Kier molecular flexibility index (Phi) is 5.99. The zero-order chi connectivity index (χ0) is 21.8. The Hall–Kier alpha value is -3.66. The number of esters is 1. The molecule has 0 radical (unpaired) electrons. The Morgan fingerprint density at radius 2 is 1.29 bits per heavy atom. The van der Waals surface area contributed by atoms with Crippen LogP contribution >= 0.6 is 0 Å². The average Bonchev–Trinajstić information content (AvgIpc) is 2.79. The molecule has 0 aliphatic carbocycles. The molecule has 0 N–H and O–H groups in total. The Labute approximate surface area is 182 Å². The summed E-state index contributed by atoms with van der Waals surface area (Å²) in [5, 5.41) is 0. The average molecular weight is 412 g/mol. The van der Waals surface area contributed by atoms with Crippen LogP contribution in [-0.2, 0) is 14.3 Å². The molecule has 3 aromatic carbocycles. The van der Waals surface area contributed by atoms with Crippen LogP contribution in [0.4, 0.5) is 0 Å². The van der Waals surface area contributed by atoms with E-state index in [9.17, 15) is 9.59 Å².